The van der Waals surface area contributed by atoms with Crippen molar-refractivity contribution in [1.29, 1.82) is 0 Å². The number of hydrogen-bond donors (Lipinski definition) is 1. The molecule has 2 saturated heterocycles. The SMILES string of the molecule is [O-]N(O[I-]NC1CCC2OC2C1)C1CCC2OC2C1. The van der Waals surface area contributed by atoms with E-state index in [-0.39, 0.29) is 6.04 Å². The summed E-state index contributed by atoms with van der Waals surface area (Å²) in [5.74, 6) is 0. The summed E-state index contributed by atoms with van der Waals surface area (Å²) >= 11 is -0.702. The Morgan fingerprint density at radius 3 is 2.47 bits per heavy atom. The zero-order chi connectivity index (χ0) is 12.8. The molecular weight excluding hydrogens is 363 g/mol. The number of epoxide rings is 2. The molecule has 0 aromatic rings. The Labute approximate surface area is 123 Å². The van der Waals surface area contributed by atoms with Gasteiger partial charge in [-0.15, -0.1) is 0 Å². The van der Waals surface area contributed by atoms with Crippen molar-refractivity contribution in [3.05, 3.63) is 5.21 Å². The van der Waals surface area contributed by atoms with Gasteiger partial charge in [0.1, 0.15) is 0 Å². The van der Waals surface area contributed by atoms with Crippen LogP contribution >= 0.6 is 0 Å². The molecule has 0 bridgehead atoms. The molecular formula is C12H19IN2O4-2. The molecule has 6 nitrogen and oxygen atoms in total. The van der Waals surface area contributed by atoms with Crippen LogP contribution in [0.15, 0.2) is 0 Å². The van der Waals surface area contributed by atoms with E-state index < -0.39 is 21.9 Å². The quantitative estimate of drug-likeness (QED) is 0.254. The fourth-order valence-corrected chi connectivity index (χ4v) is 4.81. The van der Waals surface area contributed by atoms with Gasteiger partial charge in [-0.1, -0.05) is 0 Å². The molecule has 7 heteroatoms. The number of nitrogens with one attached hydrogen (secondary N) is 1. The Morgan fingerprint density at radius 2 is 1.74 bits per heavy atom. The number of fused-ring (bicyclic) bond motifs is 2. The molecule has 4 rings (SSSR count). The number of hydrogen-bond acceptors (Lipinski definition) is 6. The molecule has 0 aromatic carbocycles. The molecule has 2 heterocycles. The van der Waals surface area contributed by atoms with Crippen LogP contribution in [0.3, 0.4) is 0 Å². The normalized spacial score (nSPS) is 47.9. The van der Waals surface area contributed by atoms with Crippen LogP contribution in [-0.4, -0.2) is 41.7 Å². The third kappa shape index (κ3) is 3.07. The third-order valence-electron chi connectivity index (χ3n) is 4.58. The standard InChI is InChI=1S/C12H19IN2O4/c16-15(8-2-4-10-12(6-8)18-10)19-13-14-7-1-3-9-11(5-7)17-9/h7-12,14H,1-6H2/q-2. The van der Waals surface area contributed by atoms with Gasteiger partial charge < -0.3 is 0 Å². The van der Waals surface area contributed by atoms with Gasteiger partial charge in [0.05, 0.1) is 0 Å². The van der Waals surface area contributed by atoms with Crippen molar-refractivity contribution < 1.29 is 34.5 Å². The van der Waals surface area contributed by atoms with E-state index >= 15 is 0 Å². The molecule has 0 radical (unpaired) electrons. The Bertz CT molecular complexity index is 348. The van der Waals surface area contributed by atoms with Crippen LogP contribution in [0.1, 0.15) is 38.5 Å². The summed E-state index contributed by atoms with van der Waals surface area (Å²) in [6.45, 7) is 0. The van der Waals surface area contributed by atoms with Crippen LogP contribution < -0.4 is 25.4 Å². The molecule has 2 aliphatic heterocycles. The first-order valence-electron chi connectivity index (χ1n) is 7.13. The first-order valence-corrected chi connectivity index (χ1v) is 9.09. The number of ether oxygens (including phenoxy) is 2. The van der Waals surface area contributed by atoms with Crippen molar-refractivity contribution in [1.82, 2.24) is 8.76 Å². The maximum atomic E-state index is 11.9. The van der Waals surface area contributed by atoms with Crippen LogP contribution in [0.4, 0.5) is 0 Å². The number of rotatable bonds is 5. The maximum absolute atomic E-state index is 11.9. The molecule has 19 heavy (non-hydrogen) atoms. The zero-order valence-electron chi connectivity index (χ0n) is 10.7. The molecule has 0 spiro atoms. The van der Waals surface area contributed by atoms with E-state index in [0.29, 0.717) is 30.5 Å². The minimum atomic E-state index is -0.702. The minimum absolute atomic E-state index is 0.00671. The second kappa shape index (κ2) is 5.36. The van der Waals surface area contributed by atoms with Crippen LogP contribution in [0.2, 0.25) is 0 Å². The number of nitrogens with zero attached hydrogens (tertiary/aromatic N) is 1. The fraction of sp³-hybridized carbons (Fsp3) is 1.00. The summed E-state index contributed by atoms with van der Waals surface area (Å²) in [5, 5.41) is 12.7. The summed E-state index contributed by atoms with van der Waals surface area (Å²) in [7, 11) is 0. The fourth-order valence-electron chi connectivity index (χ4n) is 3.25. The number of hydroxylamine groups is 2. The van der Waals surface area contributed by atoms with E-state index in [9.17, 15) is 5.21 Å². The monoisotopic (exact) mass is 382 g/mol. The van der Waals surface area contributed by atoms with Crippen LogP contribution in [-0.2, 0) is 12.6 Å². The average molecular weight is 382 g/mol. The van der Waals surface area contributed by atoms with Crippen molar-refractivity contribution >= 4 is 0 Å². The van der Waals surface area contributed by atoms with E-state index in [0.717, 1.165) is 43.8 Å². The molecule has 4 fully saturated rings. The molecule has 2 aliphatic carbocycles. The Hall–Kier alpha value is 0.490. The van der Waals surface area contributed by atoms with E-state index in [4.69, 9.17) is 12.6 Å². The summed E-state index contributed by atoms with van der Waals surface area (Å²) in [6, 6.07) is 0.472. The summed E-state index contributed by atoms with van der Waals surface area (Å²) in [5.41, 5.74) is 0. The van der Waals surface area contributed by atoms with Crippen LogP contribution in [0.5, 0.6) is 0 Å². The molecule has 0 aromatic heterocycles. The Morgan fingerprint density at radius 1 is 1.00 bits per heavy atom. The zero-order valence-corrected chi connectivity index (χ0v) is 12.8. The van der Waals surface area contributed by atoms with E-state index in [1.807, 2.05) is 0 Å². The van der Waals surface area contributed by atoms with Gasteiger partial charge in [-0.05, 0) is 0 Å². The van der Waals surface area contributed by atoms with Crippen molar-refractivity contribution in [3.63, 3.8) is 0 Å². The van der Waals surface area contributed by atoms with Gasteiger partial charge in [0.25, 0.3) is 0 Å². The predicted molar refractivity (Wildman–Crippen MR) is 62.0 cm³/mol. The van der Waals surface area contributed by atoms with Crippen molar-refractivity contribution in [2.75, 3.05) is 0 Å². The molecule has 110 valence electrons. The second-order valence-electron chi connectivity index (χ2n) is 5.94. The molecule has 6 unspecified atom stereocenters. The summed E-state index contributed by atoms with van der Waals surface area (Å²) in [6.07, 6.45) is 7.87. The van der Waals surface area contributed by atoms with Crippen molar-refractivity contribution in [2.24, 2.45) is 0 Å². The van der Waals surface area contributed by atoms with Gasteiger partial charge in [0, 0.05) is 0 Å². The first kappa shape index (κ1) is 13.2. The molecule has 4 aliphatic rings. The van der Waals surface area contributed by atoms with Gasteiger partial charge in [-0.3, -0.25) is 0 Å². The molecule has 6 atom stereocenters. The predicted octanol–water partition coefficient (Wildman–Crippen LogP) is -2.13. The molecule has 2 saturated carbocycles. The molecule has 1 N–H and O–H groups in total. The van der Waals surface area contributed by atoms with Crippen LogP contribution in [0, 0.1) is 5.21 Å². The summed E-state index contributed by atoms with van der Waals surface area (Å²) < 4.78 is 19.7. The third-order valence-corrected chi connectivity index (χ3v) is 6.30. The van der Waals surface area contributed by atoms with Gasteiger partial charge >= 0.3 is 124 Å². The molecule has 0 amide bonds. The van der Waals surface area contributed by atoms with Gasteiger partial charge in [0.15, 0.2) is 0 Å². The van der Waals surface area contributed by atoms with E-state index in [2.05, 4.69) is 3.53 Å². The Balaban J connectivity index is 1.15. The van der Waals surface area contributed by atoms with Crippen molar-refractivity contribution in [3.8, 4) is 0 Å². The van der Waals surface area contributed by atoms with E-state index in [1.165, 1.54) is 0 Å². The van der Waals surface area contributed by atoms with Gasteiger partial charge in [-0.25, -0.2) is 0 Å². The second-order valence-corrected chi connectivity index (χ2v) is 7.40. The van der Waals surface area contributed by atoms with Gasteiger partial charge in [-0.2, -0.15) is 0 Å². The van der Waals surface area contributed by atoms with Crippen molar-refractivity contribution in [2.45, 2.75) is 75.0 Å². The first-order chi connectivity index (χ1) is 9.29. The topological polar surface area (TPSA) is 72.6 Å². The van der Waals surface area contributed by atoms with Crippen LogP contribution in [0.25, 0.3) is 0 Å². The van der Waals surface area contributed by atoms with Gasteiger partial charge in [0.2, 0.25) is 0 Å². The average Bonchev–Trinajstić information content (AvgIpc) is 3.31. The summed E-state index contributed by atoms with van der Waals surface area (Å²) in [4.78, 5) is 0. The number of halogens is 1. The van der Waals surface area contributed by atoms with E-state index in [1.54, 1.807) is 0 Å². The Kier molecular flexibility index (Phi) is 3.72.